The third-order valence-corrected chi connectivity index (χ3v) is 3.20. The van der Waals surface area contributed by atoms with Crippen LogP contribution in [-0.2, 0) is 0 Å². The minimum Gasteiger partial charge on any atom is -0.495 e. The van der Waals surface area contributed by atoms with E-state index in [0.717, 1.165) is 0 Å². The number of ether oxygens (including phenoxy) is 1. The Bertz CT molecular complexity index is 583. The molecule has 2 rings (SSSR count). The summed E-state index contributed by atoms with van der Waals surface area (Å²) < 4.78 is 18.0. The van der Waals surface area contributed by atoms with Crippen LogP contribution < -0.4 is 15.8 Å². The van der Waals surface area contributed by atoms with Crippen molar-refractivity contribution in [3.63, 3.8) is 0 Å². The van der Waals surface area contributed by atoms with Crippen LogP contribution in [-0.4, -0.2) is 13.0 Å². The van der Waals surface area contributed by atoms with Crippen molar-refractivity contribution >= 4 is 28.6 Å². The first-order valence-electron chi connectivity index (χ1n) is 5.09. The SMILES string of the molecule is COc1ccsc1C(=O)Nc1ccc(F)c(N)c1. The molecular formula is C12H11FN2O2S. The summed E-state index contributed by atoms with van der Waals surface area (Å²) in [6.07, 6.45) is 0. The molecule has 0 spiro atoms. The van der Waals surface area contributed by atoms with Crippen molar-refractivity contribution in [1.82, 2.24) is 0 Å². The van der Waals surface area contributed by atoms with Gasteiger partial charge < -0.3 is 15.8 Å². The maximum absolute atomic E-state index is 13.0. The average molecular weight is 266 g/mol. The van der Waals surface area contributed by atoms with E-state index in [1.807, 2.05) is 0 Å². The first kappa shape index (κ1) is 12.4. The summed E-state index contributed by atoms with van der Waals surface area (Å²) in [4.78, 5) is 12.4. The topological polar surface area (TPSA) is 64.3 Å². The van der Waals surface area contributed by atoms with E-state index in [-0.39, 0.29) is 11.6 Å². The monoisotopic (exact) mass is 266 g/mol. The molecule has 2 aromatic rings. The molecule has 6 heteroatoms. The number of benzene rings is 1. The molecule has 1 aromatic heterocycles. The predicted octanol–water partition coefficient (Wildman–Crippen LogP) is 2.73. The Morgan fingerprint density at radius 2 is 2.22 bits per heavy atom. The molecule has 0 saturated heterocycles. The zero-order valence-corrected chi connectivity index (χ0v) is 10.4. The van der Waals surface area contributed by atoms with Crippen LogP contribution in [0.2, 0.25) is 0 Å². The summed E-state index contributed by atoms with van der Waals surface area (Å²) in [6, 6.07) is 5.73. The second kappa shape index (κ2) is 5.05. The first-order valence-corrected chi connectivity index (χ1v) is 5.97. The molecule has 3 N–H and O–H groups in total. The van der Waals surface area contributed by atoms with Gasteiger partial charge in [-0.15, -0.1) is 11.3 Å². The molecule has 1 aromatic carbocycles. The molecule has 94 valence electrons. The number of carbonyl (C=O) groups excluding carboxylic acids is 1. The third-order valence-electron chi connectivity index (χ3n) is 2.31. The molecule has 0 atom stereocenters. The van der Waals surface area contributed by atoms with Gasteiger partial charge in [0.2, 0.25) is 0 Å². The van der Waals surface area contributed by atoms with Gasteiger partial charge in [0.05, 0.1) is 12.8 Å². The zero-order chi connectivity index (χ0) is 13.1. The van der Waals surface area contributed by atoms with Gasteiger partial charge in [0, 0.05) is 5.69 Å². The van der Waals surface area contributed by atoms with Gasteiger partial charge in [-0.1, -0.05) is 0 Å². The average Bonchev–Trinajstić information content (AvgIpc) is 2.82. The van der Waals surface area contributed by atoms with E-state index in [1.54, 1.807) is 11.4 Å². The Hall–Kier alpha value is -2.08. The maximum Gasteiger partial charge on any atom is 0.269 e. The Balaban J connectivity index is 2.19. The number of methoxy groups -OCH3 is 1. The van der Waals surface area contributed by atoms with Crippen LogP contribution in [0, 0.1) is 5.82 Å². The lowest BCUT2D eigenvalue weighted by atomic mass is 10.2. The highest BCUT2D eigenvalue weighted by Crippen LogP contribution is 2.26. The fourth-order valence-electron chi connectivity index (χ4n) is 1.43. The van der Waals surface area contributed by atoms with Crippen LogP contribution in [0.25, 0.3) is 0 Å². The summed E-state index contributed by atoms with van der Waals surface area (Å²) in [6.45, 7) is 0. The second-order valence-electron chi connectivity index (χ2n) is 3.51. The lowest BCUT2D eigenvalue weighted by molar-refractivity contribution is 0.102. The number of halogens is 1. The van der Waals surface area contributed by atoms with Gasteiger partial charge in [0.25, 0.3) is 5.91 Å². The van der Waals surface area contributed by atoms with E-state index in [2.05, 4.69) is 5.32 Å². The quantitative estimate of drug-likeness (QED) is 0.839. The van der Waals surface area contributed by atoms with Crippen molar-refractivity contribution in [2.45, 2.75) is 0 Å². The highest BCUT2D eigenvalue weighted by Gasteiger charge is 2.14. The summed E-state index contributed by atoms with van der Waals surface area (Å²) in [5.41, 5.74) is 5.85. The second-order valence-corrected chi connectivity index (χ2v) is 4.42. The number of rotatable bonds is 3. The fraction of sp³-hybridized carbons (Fsp3) is 0.0833. The van der Waals surface area contributed by atoms with Crippen molar-refractivity contribution in [3.8, 4) is 5.75 Å². The van der Waals surface area contributed by atoms with Gasteiger partial charge in [-0.05, 0) is 29.6 Å². The number of hydrogen-bond acceptors (Lipinski definition) is 4. The summed E-state index contributed by atoms with van der Waals surface area (Å²) in [7, 11) is 1.49. The molecule has 0 unspecified atom stereocenters. The van der Waals surface area contributed by atoms with E-state index < -0.39 is 5.82 Å². The number of nitrogens with one attached hydrogen (secondary N) is 1. The molecule has 1 heterocycles. The standard InChI is InChI=1S/C12H11FN2O2S/c1-17-10-4-5-18-11(10)12(16)15-7-2-3-8(13)9(14)6-7/h2-6H,14H2,1H3,(H,15,16). The molecular weight excluding hydrogens is 255 g/mol. The Kier molecular flexibility index (Phi) is 3.47. The Morgan fingerprint density at radius 3 is 2.89 bits per heavy atom. The molecule has 0 radical (unpaired) electrons. The normalized spacial score (nSPS) is 10.1. The molecule has 0 aliphatic rings. The van der Waals surface area contributed by atoms with Crippen molar-refractivity contribution in [2.24, 2.45) is 0 Å². The van der Waals surface area contributed by atoms with Crippen LogP contribution >= 0.6 is 11.3 Å². The van der Waals surface area contributed by atoms with E-state index in [0.29, 0.717) is 16.3 Å². The van der Waals surface area contributed by atoms with Gasteiger partial charge in [-0.3, -0.25) is 4.79 Å². The molecule has 0 fully saturated rings. The first-order chi connectivity index (χ1) is 8.61. The smallest absolute Gasteiger partial charge is 0.269 e. The van der Waals surface area contributed by atoms with E-state index >= 15 is 0 Å². The number of nitrogens with two attached hydrogens (primary N) is 1. The summed E-state index contributed by atoms with van der Waals surface area (Å²) in [5, 5.41) is 4.39. The van der Waals surface area contributed by atoms with Crippen LogP contribution in [0.15, 0.2) is 29.6 Å². The van der Waals surface area contributed by atoms with E-state index in [9.17, 15) is 9.18 Å². The summed E-state index contributed by atoms with van der Waals surface area (Å²) >= 11 is 1.27. The van der Waals surface area contributed by atoms with Crippen LogP contribution in [0.4, 0.5) is 15.8 Å². The van der Waals surface area contributed by atoms with Gasteiger partial charge in [-0.25, -0.2) is 4.39 Å². The molecule has 0 aliphatic heterocycles. The Labute approximate surface area is 107 Å². The number of amides is 1. The lowest BCUT2D eigenvalue weighted by Crippen LogP contribution is -2.11. The Morgan fingerprint density at radius 1 is 1.44 bits per heavy atom. The molecule has 0 aliphatic carbocycles. The number of nitrogen functional groups attached to an aromatic ring is 1. The van der Waals surface area contributed by atoms with Crippen LogP contribution in [0.3, 0.4) is 0 Å². The van der Waals surface area contributed by atoms with E-state index in [1.165, 1.54) is 36.6 Å². The number of thiophene rings is 1. The minimum absolute atomic E-state index is 0.00838. The van der Waals surface area contributed by atoms with Crippen molar-refractivity contribution in [2.75, 3.05) is 18.2 Å². The van der Waals surface area contributed by atoms with Crippen LogP contribution in [0.5, 0.6) is 5.75 Å². The molecule has 4 nitrogen and oxygen atoms in total. The molecule has 0 bridgehead atoms. The molecule has 0 saturated carbocycles. The molecule has 1 amide bonds. The number of carbonyl (C=O) groups is 1. The van der Waals surface area contributed by atoms with Crippen molar-refractivity contribution in [3.05, 3.63) is 40.3 Å². The molecule has 18 heavy (non-hydrogen) atoms. The maximum atomic E-state index is 13.0. The number of hydrogen-bond donors (Lipinski definition) is 2. The fourth-order valence-corrected chi connectivity index (χ4v) is 2.19. The van der Waals surface area contributed by atoms with Crippen LogP contribution in [0.1, 0.15) is 9.67 Å². The van der Waals surface area contributed by atoms with Gasteiger partial charge >= 0.3 is 0 Å². The van der Waals surface area contributed by atoms with E-state index in [4.69, 9.17) is 10.5 Å². The van der Waals surface area contributed by atoms with Crippen molar-refractivity contribution in [1.29, 1.82) is 0 Å². The highest BCUT2D eigenvalue weighted by atomic mass is 32.1. The number of anilines is 2. The highest BCUT2D eigenvalue weighted by molar-refractivity contribution is 7.12. The third kappa shape index (κ3) is 2.43. The summed E-state index contributed by atoms with van der Waals surface area (Å²) in [5.74, 6) is -0.317. The zero-order valence-electron chi connectivity index (χ0n) is 9.57. The van der Waals surface area contributed by atoms with Gasteiger partial charge in [-0.2, -0.15) is 0 Å². The predicted molar refractivity (Wildman–Crippen MR) is 69.6 cm³/mol. The minimum atomic E-state index is -0.512. The largest absolute Gasteiger partial charge is 0.495 e. The van der Waals surface area contributed by atoms with Gasteiger partial charge in [0.1, 0.15) is 16.4 Å². The lowest BCUT2D eigenvalue weighted by Gasteiger charge is -2.06. The van der Waals surface area contributed by atoms with Gasteiger partial charge in [0.15, 0.2) is 0 Å². The van der Waals surface area contributed by atoms with Crippen molar-refractivity contribution < 1.29 is 13.9 Å².